The average Bonchev–Trinajstić information content (AvgIpc) is 2.72. The molecule has 1 amide bonds. The Hall–Kier alpha value is -3.32. The van der Waals surface area contributed by atoms with Crippen molar-refractivity contribution in [3.63, 3.8) is 0 Å². The van der Waals surface area contributed by atoms with E-state index in [0.717, 1.165) is 5.56 Å². The van der Waals surface area contributed by atoms with Crippen LogP contribution in [-0.4, -0.2) is 20.9 Å². The molecule has 0 radical (unpaired) electrons. The molecule has 162 valence electrons. The highest BCUT2D eigenvalue weighted by atomic mass is 32.2. The van der Waals surface area contributed by atoms with Gasteiger partial charge in [-0.2, -0.15) is 0 Å². The lowest BCUT2D eigenvalue weighted by molar-refractivity contribution is -0.118. The molecule has 0 atom stereocenters. The zero-order valence-corrected chi connectivity index (χ0v) is 18.6. The Kier molecular flexibility index (Phi) is 6.97. The number of nitrogens with one attached hydrogen (secondary N) is 2. The van der Waals surface area contributed by atoms with Crippen LogP contribution in [0.5, 0.6) is 5.75 Å². The summed E-state index contributed by atoms with van der Waals surface area (Å²) in [5, 5.41) is 2.70. The van der Waals surface area contributed by atoms with Gasteiger partial charge in [-0.3, -0.25) is 9.52 Å². The number of hydrogen-bond acceptors (Lipinski definition) is 4. The number of carbonyl (C=O) groups excluding carboxylic acids is 1. The summed E-state index contributed by atoms with van der Waals surface area (Å²) in [5.41, 5.74) is 3.13. The molecule has 0 aromatic heterocycles. The third-order valence-corrected chi connectivity index (χ3v) is 6.03. The van der Waals surface area contributed by atoms with E-state index in [1.807, 2.05) is 37.3 Å². The van der Waals surface area contributed by atoms with Gasteiger partial charge >= 0.3 is 0 Å². The third kappa shape index (κ3) is 6.33. The quantitative estimate of drug-likeness (QED) is 0.522. The van der Waals surface area contributed by atoms with Crippen LogP contribution in [0.15, 0.2) is 77.7 Å². The van der Waals surface area contributed by atoms with E-state index in [-0.39, 0.29) is 17.4 Å². The van der Waals surface area contributed by atoms with Crippen molar-refractivity contribution in [1.82, 2.24) is 0 Å². The van der Waals surface area contributed by atoms with E-state index in [9.17, 15) is 13.2 Å². The van der Waals surface area contributed by atoms with Crippen molar-refractivity contribution in [2.45, 2.75) is 31.6 Å². The van der Waals surface area contributed by atoms with Crippen LogP contribution in [0.3, 0.4) is 0 Å². The largest absolute Gasteiger partial charge is 0.484 e. The molecule has 0 aliphatic heterocycles. The first kappa shape index (κ1) is 22.4. The van der Waals surface area contributed by atoms with Crippen LogP contribution in [0.25, 0.3) is 0 Å². The molecule has 0 aliphatic rings. The molecule has 6 nitrogen and oxygen atoms in total. The number of rotatable bonds is 8. The molecule has 3 aromatic rings. The highest BCUT2D eigenvalue weighted by molar-refractivity contribution is 7.92. The normalized spacial score (nSPS) is 11.2. The van der Waals surface area contributed by atoms with Gasteiger partial charge in [-0.15, -0.1) is 0 Å². The number of benzene rings is 3. The van der Waals surface area contributed by atoms with Crippen LogP contribution in [0.2, 0.25) is 0 Å². The molecular formula is C24H26N2O4S. The Morgan fingerprint density at radius 3 is 2.23 bits per heavy atom. The van der Waals surface area contributed by atoms with Crippen molar-refractivity contribution >= 4 is 27.3 Å². The monoisotopic (exact) mass is 438 g/mol. The minimum atomic E-state index is -3.72. The van der Waals surface area contributed by atoms with Crippen LogP contribution < -0.4 is 14.8 Å². The predicted octanol–water partition coefficient (Wildman–Crippen LogP) is 4.94. The predicted molar refractivity (Wildman–Crippen MR) is 123 cm³/mol. The lowest BCUT2D eigenvalue weighted by atomic mass is 10.0. The average molecular weight is 439 g/mol. The summed E-state index contributed by atoms with van der Waals surface area (Å²) in [6.07, 6.45) is 0. The Balaban J connectivity index is 1.56. The van der Waals surface area contributed by atoms with E-state index in [1.54, 1.807) is 30.3 Å². The van der Waals surface area contributed by atoms with Crippen molar-refractivity contribution in [2.24, 2.45) is 0 Å². The van der Waals surface area contributed by atoms with E-state index >= 15 is 0 Å². The highest BCUT2D eigenvalue weighted by Crippen LogP contribution is 2.20. The maximum Gasteiger partial charge on any atom is 0.262 e. The van der Waals surface area contributed by atoms with Gasteiger partial charge in [0.1, 0.15) is 5.75 Å². The lowest BCUT2D eigenvalue weighted by Gasteiger charge is -2.11. The molecule has 0 saturated heterocycles. The van der Waals surface area contributed by atoms with Gasteiger partial charge in [-0.1, -0.05) is 38.1 Å². The van der Waals surface area contributed by atoms with Crippen LogP contribution in [0, 0.1) is 6.92 Å². The molecule has 2 N–H and O–H groups in total. The second kappa shape index (κ2) is 9.66. The van der Waals surface area contributed by atoms with E-state index in [4.69, 9.17) is 4.74 Å². The van der Waals surface area contributed by atoms with Gasteiger partial charge < -0.3 is 10.1 Å². The van der Waals surface area contributed by atoms with Gasteiger partial charge in [0, 0.05) is 11.4 Å². The van der Waals surface area contributed by atoms with Gasteiger partial charge in [0.05, 0.1) is 4.90 Å². The molecule has 3 rings (SSSR count). The molecule has 0 bridgehead atoms. The van der Waals surface area contributed by atoms with Crippen molar-refractivity contribution in [3.8, 4) is 5.75 Å². The Morgan fingerprint density at radius 2 is 1.61 bits per heavy atom. The van der Waals surface area contributed by atoms with Crippen molar-refractivity contribution in [2.75, 3.05) is 16.6 Å². The van der Waals surface area contributed by atoms with Crippen molar-refractivity contribution in [1.29, 1.82) is 0 Å². The van der Waals surface area contributed by atoms with Gasteiger partial charge in [0.2, 0.25) is 0 Å². The number of anilines is 2. The summed E-state index contributed by atoms with van der Waals surface area (Å²) >= 11 is 0. The van der Waals surface area contributed by atoms with Gasteiger partial charge in [0.15, 0.2) is 6.61 Å². The molecule has 0 unspecified atom stereocenters. The number of sulfonamides is 1. The number of aryl methyl sites for hydroxylation is 1. The minimum Gasteiger partial charge on any atom is -0.484 e. The van der Waals surface area contributed by atoms with Crippen LogP contribution >= 0.6 is 0 Å². The molecule has 0 saturated carbocycles. The summed E-state index contributed by atoms with van der Waals surface area (Å²) in [5.74, 6) is 0.709. The Morgan fingerprint density at radius 1 is 0.935 bits per heavy atom. The summed E-state index contributed by atoms with van der Waals surface area (Å²) < 4.78 is 33.2. The number of carbonyl (C=O) groups is 1. The highest BCUT2D eigenvalue weighted by Gasteiger charge is 2.14. The molecule has 31 heavy (non-hydrogen) atoms. The van der Waals surface area contributed by atoms with Crippen molar-refractivity contribution < 1.29 is 17.9 Å². The summed E-state index contributed by atoms with van der Waals surface area (Å²) in [6.45, 7) is 5.96. The number of ether oxygens (including phenoxy) is 1. The first-order valence-corrected chi connectivity index (χ1v) is 11.4. The number of amides is 1. The zero-order valence-electron chi connectivity index (χ0n) is 17.8. The number of hydrogen-bond donors (Lipinski definition) is 2. The van der Waals surface area contributed by atoms with Gasteiger partial charge in [-0.05, 0) is 72.5 Å². The minimum absolute atomic E-state index is 0.105. The molecular weight excluding hydrogens is 412 g/mol. The molecule has 3 aromatic carbocycles. The van der Waals surface area contributed by atoms with Crippen LogP contribution in [-0.2, 0) is 14.8 Å². The first-order chi connectivity index (χ1) is 14.7. The Labute approximate surface area is 183 Å². The fourth-order valence-corrected chi connectivity index (χ4v) is 3.98. The van der Waals surface area contributed by atoms with Crippen LogP contribution in [0.4, 0.5) is 11.4 Å². The molecule has 0 fully saturated rings. The van der Waals surface area contributed by atoms with E-state index in [1.165, 1.54) is 17.7 Å². The standard InChI is InChI=1S/C24H26N2O4S/c1-17(2)19-7-11-22(12-8-19)30-16-24(27)25-20-9-13-23(14-10-20)31(28,29)26-21-6-4-5-18(3)15-21/h4-15,17,26H,16H2,1-3H3,(H,25,27). The molecule has 7 heteroatoms. The third-order valence-electron chi connectivity index (χ3n) is 4.64. The van der Waals surface area contributed by atoms with Gasteiger partial charge in [0.25, 0.3) is 15.9 Å². The van der Waals surface area contributed by atoms with E-state index in [2.05, 4.69) is 23.9 Å². The summed E-state index contributed by atoms with van der Waals surface area (Å²) in [6, 6.07) is 20.7. The maximum absolute atomic E-state index is 12.6. The molecule has 0 heterocycles. The Bertz CT molecular complexity index is 1140. The summed E-state index contributed by atoms with van der Waals surface area (Å²) in [7, 11) is -3.72. The maximum atomic E-state index is 12.6. The fraction of sp³-hybridized carbons (Fsp3) is 0.208. The second-order valence-corrected chi connectivity index (χ2v) is 9.24. The lowest BCUT2D eigenvalue weighted by Crippen LogP contribution is -2.20. The molecule has 0 aliphatic carbocycles. The SMILES string of the molecule is Cc1cccc(NS(=O)(=O)c2ccc(NC(=O)COc3ccc(C(C)C)cc3)cc2)c1. The zero-order chi connectivity index (χ0) is 22.4. The topological polar surface area (TPSA) is 84.5 Å². The second-order valence-electron chi connectivity index (χ2n) is 7.56. The molecule has 0 spiro atoms. The fourth-order valence-electron chi connectivity index (χ4n) is 2.93. The summed E-state index contributed by atoms with van der Waals surface area (Å²) in [4.78, 5) is 12.3. The van der Waals surface area contributed by atoms with Gasteiger partial charge in [-0.25, -0.2) is 8.42 Å². The van der Waals surface area contributed by atoms with E-state index in [0.29, 0.717) is 23.0 Å². The van der Waals surface area contributed by atoms with Crippen LogP contribution in [0.1, 0.15) is 30.9 Å². The smallest absolute Gasteiger partial charge is 0.262 e. The van der Waals surface area contributed by atoms with E-state index < -0.39 is 10.0 Å². The first-order valence-electron chi connectivity index (χ1n) is 9.95. The van der Waals surface area contributed by atoms with Crippen molar-refractivity contribution in [3.05, 3.63) is 83.9 Å².